The molecule has 0 amide bonds. The van der Waals surface area contributed by atoms with Crippen molar-refractivity contribution in [1.29, 1.82) is 0 Å². The van der Waals surface area contributed by atoms with Crippen LogP contribution in [0.4, 0.5) is 24.9 Å². The van der Waals surface area contributed by atoms with E-state index in [2.05, 4.69) is 46.0 Å². The maximum atomic E-state index is 12.8. The Hall–Kier alpha value is -2.68. The van der Waals surface area contributed by atoms with Crippen LogP contribution in [0.5, 0.6) is 5.75 Å². The molecule has 1 heterocycles. The van der Waals surface area contributed by atoms with E-state index in [9.17, 15) is 21.6 Å². The minimum atomic E-state index is -5.02. The zero-order valence-electron chi connectivity index (χ0n) is 21.8. The summed E-state index contributed by atoms with van der Waals surface area (Å²) in [7, 11) is -2.57. The summed E-state index contributed by atoms with van der Waals surface area (Å²) in [6.45, 7) is 1.97. The Kier molecular flexibility index (Phi) is 10.1. The van der Waals surface area contributed by atoms with Gasteiger partial charge in [0.2, 0.25) is 16.0 Å². The number of hydrogen-bond acceptors (Lipinski definition) is 8. The quantitative estimate of drug-likeness (QED) is 0.220. The molecule has 1 aliphatic carbocycles. The van der Waals surface area contributed by atoms with Gasteiger partial charge in [0.05, 0.1) is 12.1 Å². The van der Waals surface area contributed by atoms with Gasteiger partial charge in [-0.2, -0.15) is 4.98 Å². The Balaban J connectivity index is 1.30. The van der Waals surface area contributed by atoms with E-state index in [1.807, 2.05) is 24.3 Å². The van der Waals surface area contributed by atoms with Gasteiger partial charge in [-0.1, -0.05) is 28.1 Å². The van der Waals surface area contributed by atoms with Crippen LogP contribution in [0, 0.1) is 11.8 Å². The highest BCUT2D eigenvalue weighted by molar-refractivity contribution is 9.10. The highest BCUT2D eigenvalue weighted by atomic mass is 79.9. The molecule has 2 aromatic carbocycles. The summed E-state index contributed by atoms with van der Waals surface area (Å²) >= 11 is 3.05. The maximum absolute atomic E-state index is 12.8. The van der Waals surface area contributed by atoms with Gasteiger partial charge in [0.15, 0.2) is 5.75 Å². The Morgan fingerprint density at radius 3 is 2.40 bits per heavy atom. The summed E-state index contributed by atoms with van der Waals surface area (Å²) in [5, 5.41) is 7.56. The van der Waals surface area contributed by atoms with Crippen molar-refractivity contribution in [1.82, 2.24) is 14.7 Å². The van der Waals surface area contributed by atoms with E-state index in [-0.39, 0.29) is 16.9 Å². The van der Waals surface area contributed by atoms with E-state index in [1.54, 1.807) is 7.11 Å². The molecule has 0 radical (unpaired) electrons. The number of rotatable bonds is 12. The van der Waals surface area contributed by atoms with E-state index in [0.29, 0.717) is 31.6 Å². The SMILES string of the molecule is COCCNc1nc(NCC2CCC(CNS(=O)(=O)c3ccc(Br)cc3OC(F)(F)F)CC2)nc2ccccc12. The second-order valence-electron chi connectivity index (χ2n) is 9.59. The molecule has 0 unspecified atom stereocenters. The summed E-state index contributed by atoms with van der Waals surface area (Å²) in [6.07, 6.45) is -1.72. The Bertz CT molecular complexity index is 1400. The smallest absolute Gasteiger partial charge is 0.404 e. The normalized spacial score (nSPS) is 18.0. The van der Waals surface area contributed by atoms with Gasteiger partial charge in [0, 0.05) is 36.6 Å². The van der Waals surface area contributed by atoms with Crippen LogP contribution in [0.3, 0.4) is 0 Å². The highest BCUT2D eigenvalue weighted by Crippen LogP contribution is 2.33. The molecule has 1 aliphatic rings. The number of nitrogens with one attached hydrogen (secondary N) is 3. The topological polar surface area (TPSA) is 114 Å². The maximum Gasteiger partial charge on any atom is 0.573 e. The van der Waals surface area contributed by atoms with Crippen LogP contribution in [0.1, 0.15) is 25.7 Å². The molecule has 9 nitrogen and oxygen atoms in total. The first-order chi connectivity index (χ1) is 19.0. The fourth-order valence-electron chi connectivity index (χ4n) is 4.65. The molecular weight excluding hydrogens is 615 g/mol. The van der Waals surface area contributed by atoms with E-state index in [1.165, 1.54) is 6.07 Å². The third kappa shape index (κ3) is 8.41. The molecule has 3 aromatic rings. The van der Waals surface area contributed by atoms with Gasteiger partial charge in [-0.3, -0.25) is 0 Å². The average molecular weight is 647 g/mol. The molecule has 40 heavy (non-hydrogen) atoms. The van der Waals surface area contributed by atoms with E-state index in [0.717, 1.165) is 54.5 Å². The number of hydrogen-bond donors (Lipinski definition) is 3. The first-order valence-electron chi connectivity index (χ1n) is 12.8. The van der Waals surface area contributed by atoms with Gasteiger partial charge in [-0.05, 0) is 67.9 Å². The minimum Gasteiger partial charge on any atom is -0.404 e. The van der Waals surface area contributed by atoms with Crippen LogP contribution >= 0.6 is 15.9 Å². The number of aromatic nitrogens is 2. The van der Waals surface area contributed by atoms with E-state index < -0.39 is 27.0 Å². The summed E-state index contributed by atoms with van der Waals surface area (Å²) in [6, 6.07) is 11.2. The summed E-state index contributed by atoms with van der Waals surface area (Å²) in [4.78, 5) is 8.71. The number of ether oxygens (including phenoxy) is 2. The first kappa shape index (κ1) is 30.3. The monoisotopic (exact) mass is 645 g/mol. The van der Waals surface area contributed by atoms with Crippen LogP contribution in [0.25, 0.3) is 10.9 Å². The minimum absolute atomic E-state index is 0.0713. The lowest BCUT2D eigenvalue weighted by Gasteiger charge is -2.28. The molecule has 0 atom stereocenters. The molecule has 0 aliphatic heterocycles. The third-order valence-electron chi connectivity index (χ3n) is 6.70. The van der Waals surface area contributed by atoms with Crippen LogP contribution in [-0.4, -0.2) is 58.1 Å². The standard InChI is InChI=1S/C26H31BrF3N5O4S/c1-38-13-12-31-24-20-4-2-3-5-21(20)34-25(35-24)32-15-17-6-8-18(9-7-17)16-33-40(36,37)23-11-10-19(27)14-22(23)39-26(28,29)30/h2-5,10-11,14,17-18,33H,6-9,12-13,15-16H2,1H3,(H2,31,32,34,35). The number of alkyl halides is 3. The van der Waals surface area contributed by atoms with Crippen molar-refractivity contribution in [2.45, 2.75) is 36.9 Å². The van der Waals surface area contributed by atoms with Gasteiger partial charge < -0.3 is 20.1 Å². The highest BCUT2D eigenvalue weighted by Gasteiger charge is 2.34. The van der Waals surface area contributed by atoms with Crippen molar-refractivity contribution in [3.63, 3.8) is 0 Å². The molecule has 1 saturated carbocycles. The molecule has 14 heteroatoms. The molecule has 0 spiro atoms. The van der Waals surface area contributed by atoms with Crippen LogP contribution < -0.4 is 20.1 Å². The Morgan fingerprint density at radius 1 is 1.00 bits per heavy atom. The molecule has 1 fully saturated rings. The van der Waals surface area contributed by atoms with E-state index >= 15 is 0 Å². The fraction of sp³-hybridized carbons (Fsp3) is 0.462. The lowest BCUT2D eigenvalue weighted by Crippen LogP contribution is -2.33. The molecule has 0 bridgehead atoms. The number of methoxy groups -OCH3 is 1. The van der Waals surface area contributed by atoms with Crippen molar-refractivity contribution >= 4 is 48.6 Å². The number of fused-ring (bicyclic) bond motifs is 1. The molecular formula is C26H31BrF3N5O4S. The second kappa shape index (κ2) is 13.3. The average Bonchev–Trinajstić information content (AvgIpc) is 2.90. The molecule has 218 valence electrons. The number of para-hydroxylation sites is 1. The number of nitrogens with zero attached hydrogens (tertiary/aromatic N) is 2. The van der Waals surface area contributed by atoms with Crippen molar-refractivity contribution in [3.05, 3.63) is 46.9 Å². The zero-order chi connectivity index (χ0) is 28.8. The molecule has 4 rings (SSSR count). The lowest BCUT2D eigenvalue weighted by atomic mass is 9.82. The predicted octanol–water partition coefficient (Wildman–Crippen LogP) is 5.55. The molecule has 3 N–H and O–H groups in total. The Morgan fingerprint density at radius 2 is 1.70 bits per heavy atom. The summed E-state index contributed by atoms with van der Waals surface area (Å²) in [5.41, 5.74) is 0.825. The van der Waals surface area contributed by atoms with Crippen LogP contribution in [-0.2, 0) is 14.8 Å². The summed E-state index contributed by atoms with van der Waals surface area (Å²) < 4.78 is 75.8. The van der Waals surface area contributed by atoms with Gasteiger partial charge in [-0.15, -0.1) is 13.2 Å². The predicted molar refractivity (Wildman–Crippen MR) is 150 cm³/mol. The van der Waals surface area contributed by atoms with Gasteiger partial charge in [0.25, 0.3) is 0 Å². The first-order valence-corrected chi connectivity index (χ1v) is 15.1. The van der Waals surface area contributed by atoms with Crippen molar-refractivity contribution in [3.8, 4) is 5.75 Å². The largest absolute Gasteiger partial charge is 0.573 e. The second-order valence-corrected chi connectivity index (χ2v) is 12.2. The van der Waals surface area contributed by atoms with Gasteiger partial charge >= 0.3 is 6.36 Å². The number of benzene rings is 2. The molecule has 0 saturated heterocycles. The van der Waals surface area contributed by atoms with Crippen molar-refractivity contribution in [2.75, 3.05) is 44.0 Å². The lowest BCUT2D eigenvalue weighted by molar-refractivity contribution is -0.275. The van der Waals surface area contributed by atoms with Gasteiger partial charge in [-0.25, -0.2) is 18.1 Å². The molecule has 1 aromatic heterocycles. The Labute approximate surface area is 239 Å². The van der Waals surface area contributed by atoms with Crippen molar-refractivity contribution < 1.29 is 31.1 Å². The third-order valence-corrected chi connectivity index (χ3v) is 8.66. The number of sulfonamides is 1. The van der Waals surface area contributed by atoms with E-state index in [4.69, 9.17) is 4.74 Å². The van der Waals surface area contributed by atoms with Gasteiger partial charge in [0.1, 0.15) is 10.7 Å². The van der Waals surface area contributed by atoms with Crippen LogP contribution in [0.2, 0.25) is 0 Å². The fourth-order valence-corrected chi connectivity index (χ4v) is 6.21. The number of halogens is 4. The number of anilines is 2. The van der Waals surface area contributed by atoms with Crippen molar-refractivity contribution in [2.24, 2.45) is 11.8 Å². The van der Waals surface area contributed by atoms with Crippen LogP contribution in [0.15, 0.2) is 51.8 Å². The zero-order valence-corrected chi connectivity index (χ0v) is 24.2. The summed E-state index contributed by atoms with van der Waals surface area (Å²) in [5.74, 6) is 0.903.